The molecule has 23 heavy (non-hydrogen) atoms. The minimum Gasteiger partial charge on any atom is -0.357 e. The lowest BCUT2D eigenvalue weighted by Crippen LogP contribution is -2.40. The number of benzene rings is 1. The predicted molar refractivity (Wildman–Crippen MR) is 91.9 cm³/mol. The molecule has 0 bridgehead atoms. The lowest BCUT2D eigenvalue weighted by molar-refractivity contribution is 0.585. The van der Waals surface area contributed by atoms with Gasteiger partial charge in [0.2, 0.25) is 0 Å². The molecule has 1 rings (SSSR count). The Morgan fingerprint density at radius 3 is 2.57 bits per heavy atom. The molecule has 0 radical (unpaired) electrons. The van der Waals surface area contributed by atoms with Crippen molar-refractivity contribution in [2.24, 2.45) is 4.99 Å². The summed E-state index contributed by atoms with van der Waals surface area (Å²) in [7, 11) is -0.959. The number of nitrogens with one attached hydrogen (secondary N) is 2. The van der Waals surface area contributed by atoms with E-state index in [0.717, 1.165) is 18.2 Å². The first-order valence-corrected chi connectivity index (χ1v) is 8.90. The summed E-state index contributed by atoms with van der Waals surface area (Å²) in [6.07, 6.45) is 0. The lowest BCUT2D eigenvalue weighted by atomic mass is 10.2. The molecule has 4 nitrogen and oxygen atoms in total. The van der Waals surface area contributed by atoms with Crippen molar-refractivity contribution >= 4 is 16.8 Å². The molecule has 0 aliphatic rings. The number of hydrogen-bond acceptors (Lipinski definition) is 2. The molecule has 1 unspecified atom stereocenters. The fraction of sp³-hybridized carbons (Fsp3) is 0.562. The van der Waals surface area contributed by atoms with Crippen LogP contribution in [0.25, 0.3) is 0 Å². The zero-order valence-corrected chi connectivity index (χ0v) is 14.9. The van der Waals surface area contributed by atoms with Crippen molar-refractivity contribution in [1.29, 1.82) is 0 Å². The molecular formula is C16H25F2N3OS. The summed E-state index contributed by atoms with van der Waals surface area (Å²) in [5.74, 6) is -0.000519. The maximum absolute atomic E-state index is 13.6. The van der Waals surface area contributed by atoms with E-state index in [1.165, 1.54) is 0 Å². The van der Waals surface area contributed by atoms with Crippen LogP contribution in [0.4, 0.5) is 8.78 Å². The minimum absolute atomic E-state index is 0.0291. The lowest BCUT2D eigenvalue weighted by Gasteiger charge is -2.18. The largest absolute Gasteiger partial charge is 0.357 e. The topological polar surface area (TPSA) is 53.5 Å². The highest BCUT2D eigenvalue weighted by Crippen LogP contribution is 2.11. The van der Waals surface area contributed by atoms with Gasteiger partial charge in [-0.25, -0.2) is 13.8 Å². The molecule has 1 aromatic carbocycles. The van der Waals surface area contributed by atoms with Crippen LogP contribution in [0, 0.1) is 11.6 Å². The third-order valence-corrected chi connectivity index (χ3v) is 4.96. The average molecular weight is 345 g/mol. The highest BCUT2D eigenvalue weighted by Gasteiger charge is 2.18. The van der Waals surface area contributed by atoms with Gasteiger partial charge >= 0.3 is 0 Å². The number of hydrogen-bond donors (Lipinski definition) is 2. The maximum atomic E-state index is 13.6. The first kappa shape index (κ1) is 19.5. The molecule has 0 fully saturated rings. The minimum atomic E-state index is -0.959. The quantitative estimate of drug-likeness (QED) is 0.615. The molecule has 0 aliphatic carbocycles. The van der Waals surface area contributed by atoms with E-state index in [4.69, 9.17) is 0 Å². The van der Waals surface area contributed by atoms with E-state index >= 15 is 0 Å². The monoisotopic (exact) mass is 345 g/mol. The summed E-state index contributed by atoms with van der Waals surface area (Å²) in [6, 6.07) is 3.30. The molecule has 1 atom stereocenters. The Bertz CT molecular complexity index is 571. The van der Waals surface area contributed by atoms with E-state index in [0.29, 0.717) is 24.8 Å². The molecule has 0 amide bonds. The van der Waals surface area contributed by atoms with E-state index in [1.807, 2.05) is 27.7 Å². The van der Waals surface area contributed by atoms with Crippen molar-refractivity contribution in [2.45, 2.75) is 39.0 Å². The summed E-state index contributed by atoms with van der Waals surface area (Å²) in [4.78, 5) is 4.23. The molecule has 0 saturated carbocycles. The van der Waals surface area contributed by atoms with Crippen LogP contribution in [0.3, 0.4) is 0 Å². The second-order valence-corrected chi connectivity index (χ2v) is 8.34. The van der Waals surface area contributed by atoms with Gasteiger partial charge in [-0.05, 0) is 45.9 Å². The van der Waals surface area contributed by atoms with Crippen molar-refractivity contribution in [1.82, 2.24) is 10.6 Å². The average Bonchev–Trinajstić information content (AvgIpc) is 2.46. The van der Waals surface area contributed by atoms with E-state index in [9.17, 15) is 13.0 Å². The van der Waals surface area contributed by atoms with Crippen molar-refractivity contribution < 1.29 is 13.0 Å². The molecule has 1 aromatic rings. The molecule has 0 aliphatic heterocycles. The van der Waals surface area contributed by atoms with Crippen LogP contribution in [0.2, 0.25) is 0 Å². The molecule has 2 N–H and O–H groups in total. The van der Waals surface area contributed by atoms with Crippen molar-refractivity contribution in [3.8, 4) is 0 Å². The fourth-order valence-electron chi connectivity index (χ4n) is 1.74. The Balaban J connectivity index is 2.63. The highest BCUT2D eigenvalue weighted by molar-refractivity contribution is 7.86. The Kier molecular flexibility index (Phi) is 7.61. The molecular weight excluding hydrogens is 320 g/mol. The van der Waals surface area contributed by atoms with Gasteiger partial charge in [-0.3, -0.25) is 4.21 Å². The molecule has 0 saturated heterocycles. The number of halogens is 2. The van der Waals surface area contributed by atoms with Gasteiger partial charge in [0.25, 0.3) is 0 Å². The standard InChI is InChI=1S/C16H25F2N3OS/c1-5-19-15(20-8-9-23(22)16(2,3)4)21-11-12-10-13(17)6-7-14(12)18/h6-7,10H,5,8-9,11H2,1-4H3,(H2,19,20,21). The van der Waals surface area contributed by atoms with Crippen LogP contribution >= 0.6 is 0 Å². The first-order valence-electron chi connectivity index (χ1n) is 7.58. The van der Waals surface area contributed by atoms with Gasteiger partial charge in [0.1, 0.15) is 11.6 Å². The Morgan fingerprint density at radius 2 is 1.96 bits per heavy atom. The normalized spacial score (nSPS) is 13.7. The van der Waals surface area contributed by atoms with Gasteiger partial charge in [-0.1, -0.05) is 0 Å². The van der Waals surface area contributed by atoms with Crippen LogP contribution in [0.1, 0.15) is 33.3 Å². The first-order chi connectivity index (χ1) is 10.7. The van der Waals surface area contributed by atoms with Crippen molar-refractivity contribution in [3.63, 3.8) is 0 Å². The smallest absolute Gasteiger partial charge is 0.191 e. The van der Waals surface area contributed by atoms with Gasteiger partial charge in [0.15, 0.2) is 5.96 Å². The van der Waals surface area contributed by atoms with Crippen LogP contribution in [0.5, 0.6) is 0 Å². The number of aliphatic imine (C=N–C) groups is 1. The highest BCUT2D eigenvalue weighted by atomic mass is 32.2. The third-order valence-electron chi connectivity index (χ3n) is 3.02. The predicted octanol–water partition coefficient (Wildman–Crippen LogP) is 2.57. The second kappa shape index (κ2) is 8.96. The van der Waals surface area contributed by atoms with Crippen molar-refractivity contribution in [3.05, 3.63) is 35.4 Å². The molecule has 0 spiro atoms. The van der Waals surface area contributed by atoms with Gasteiger partial charge in [0, 0.05) is 40.0 Å². The van der Waals surface area contributed by atoms with Crippen LogP contribution in [-0.4, -0.2) is 33.8 Å². The van der Waals surface area contributed by atoms with Gasteiger partial charge in [0.05, 0.1) is 6.54 Å². The summed E-state index contributed by atoms with van der Waals surface area (Å²) in [6.45, 7) is 8.84. The Hall–Kier alpha value is -1.50. The summed E-state index contributed by atoms with van der Waals surface area (Å²) >= 11 is 0. The zero-order valence-electron chi connectivity index (χ0n) is 14.1. The summed E-state index contributed by atoms with van der Waals surface area (Å²) in [5.41, 5.74) is 0.195. The zero-order chi connectivity index (χ0) is 17.5. The SMILES string of the molecule is CCNC(=NCc1cc(F)ccc1F)NCCS(=O)C(C)(C)C. The number of nitrogens with zero attached hydrogens (tertiary/aromatic N) is 1. The van der Waals surface area contributed by atoms with Crippen molar-refractivity contribution in [2.75, 3.05) is 18.8 Å². The van der Waals surface area contributed by atoms with Gasteiger partial charge < -0.3 is 10.6 Å². The Morgan fingerprint density at radius 1 is 1.26 bits per heavy atom. The molecule has 7 heteroatoms. The fourth-order valence-corrected chi connectivity index (χ4v) is 2.64. The van der Waals surface area contributed by atoms with E-state index in [-0.39, 0.29) is 16.9 Å². The number of guanidine groups is 1. The van der Waals surface area contributed by atoms with E-state index in [2.05, 4.69) is 15.6 Å². The Labute approximate surface area is 139 Å². The molecule has 0 aromatic heterocycles. The summed E-state index contributed by atoms with van der Waals surface area (Å²) < 4.78 is 38.4. The van der Waals surface area contributed by atoms with Gasteiger partial charge in [-0.2, -0.15) is 0 Å². The van der Waals surface area contributed by atoms with E-state index in [1.54, 1.807) is 0 Å². The van der Waals surface area contributed by atoms with Crippen LogP contribution in [-0.2, 0) is 17.3 Å². The third kappa shape index (κ3) is 7.07. The molecule has 0 heterocycles. The van der Waals surface area contributed by atoms with Crippen LogP contribution < -0.4 is 10.6 Å². The maximum Gasteiger partial charge on any atom is 0.191 e. The summed E-state index contributed by atoms with van der Waals surface area (Å²) in [5, 5.41) is 6.08. The second-order valence-electron chi connectivity index (χ2n) is 6.02. The van der Waals surface area contributed by atoms with E-state index < -0.39 is 22.4 Å². The van der Waals surface area contributed by atoms with Crippen LogP contribution in [0.15, 0.2) is 23.2 Å². The molecule has 130 valence electrons. The number of rotatable bonds is 6. The van der Waals surface area contributed by atoms with Gasteiger partial charge in [-0.15, -0.1) is 0 Å².